The van der Waals surface area contributed by atoms with Crippen molar-refractivity contribution in [1.82, 2.24) is 15.1 Å². The molecule has 0 fully saturated rings. The molecule has 2 rings (SSSR count). The van der Waals surface area contributed by atoms with Crippen molar-refractivity contribution in [3.63, 3.8) is 0 Å². The molecule has 19 heavy (non-hydrogen) atoms. The molecule has 1 heterocycles. The average Bonchev–Trinajstić information content (AvgIpc) is 2.83. The highest BCUT2D eigenvalue weighted by Gasteiger charge is 2.15. The summed E-state index contributed by atoms with van der Waals surface area (Å²) in [7, 11) is 1.53. The number of ether oxygens (including phenoxy) is 1. The van der Waals surface area contributed by atoms with E-state index >= 15 is 0 Å². The molecule has 0 saturated carbocycles. The molecular formula is C13H14ClN3O2. The molecule has 0 radical (unpaired) electrons. The maximum absolute atomic E-state index is 11.8. The van der Waals surface area contributed by atoms with Crippen LogP contribution in [0.1, 0.15) is 17.4 Å². The molecule has 0 aliphatic carbocycles. The van der Waals surface area contributed by atoms with Crippen LogP contribution in [0.3, 0.4) is 0 Å². The van der Waals surface area contributed by atoms with Crippen LogP contribution in [-0.2, 0) is 0 Å². The van der Waals surface area contributed by atoms with Gasteiger partial charge in [0.1, 0.15) is 0 Å². The molecule has 0 saturated heterocycles. The van der Waals surface area contributed by atoms with Crippen LogP contribution in [0.25, 0.3) is 5.69 Å². The number of nitrogens with zero attached hydrogens (tertiary/aromatic N) is 2. The van der Waals surface area contributed by atoms with Crippen molar-refractivity contribution in [2.45, 2.75) is 6.92 Å². The molecule has 1 amide bonds. The Bertz CT molecular complexity index is 595. The van der Waals surface area contributed by atoms with Gasteiger partial charge in [-0.1, -0.05) is 17.7 Å². The molecule has 1 aromatic heterocycles. The first-order valence-electron chi connectivity index (χ1n) is 5.84. The largest absolute Gasteiger partial charge is 0.481 e. The Balaban J connectivity index is 2.42. The van der Waals surface area contributed by atoms with Gasteiger partial charge in [-0.3, -0.25) is 4.79 Å². The molecule has 1 aromatic carbocycles. The maximum Gasteiger partial charge on any atom is 0.271 e. The average molecular weight is 280 g/mol. The lowest BCUT2D eigenvalue weighted by Crippen LogP contribution is -2.23. The van der Waals surface area contributed by atoms with Crippen LogP contribution >= 0.6 is 11.6 Å². The van der Waals surface area contributed by atoms with Crippen molar-refractivity contribution < 1.29 is 9.53 Å². The lowest BCUT2D eigenvalue weighted by Gasteiger charge is -2.05. The van der Waals surface area contributed by atoms with Crippen LogP contribution in [0, 0.1) is 0 Å². The molecule has 0 aliphatic heterocycles. The van der Waals surface area contributed by atoms with E-state index in [0.717, 1.165) is 5.69 Å². The smallest absolute Gasteiger partial charge is 0.271 e. The van der Waals surface area contributed by atoms with Gasteiger partial charge >= 0.3 is 0 Å². The van der Waals surface area contributed by atoms with Crippen molar-refractivity contribution in [2.24, 2.45) is 0 Å². The molecule has 0 spiro atoms. The molecular weight excluding hydrogens is 266 g/mol. The lowest BCUT2D eigenvalue weighted by atomic mass is 10.3. The third kappa shape index (κ3) is 2.88. The van der Waals surface area contributed by atoms with Gasteiger partial charge in [0, 0.05) is 17.6 Å². The molecule has 0 unspecified atom stereocenters. The van der Waals surface area contributed by atoms with Crippen molar-refractivity contribution in [1.29, 1.82) is 0 Å². The highest BCUT2D eigenvalue weighted by Crippen LogP contribution is 2.21. The highest BCUT2D eigenvalue weighted by molar-refractivity contribution is 6.30. The first-order chi connectivity index (χ1) is 9.15. The number of halogens is 1. The number of rotatable bonds is 4. The normalized spacial score (nSPS) is 10.3. The Morgan fingerprint density at radius 3 is 2.89 bits per heavy atom. The third-order valence-corrected chi connectivity index (χ3v) is 2.74. The Kier molecular flexibility index (Phi) is 4.06. The maximum atomic E-state index is 11.8. The van der Waals surface area contributed by atoms with E-state index in [9.17, 15) is 4.79 Å². The van der Waals surface area contributed by atoms with Gasteiger partial charge < -0.3 is 10.1 Å². The fourth-order valence-electron chi connectivity index (χ4n) is 1.66. The second-order valence-corrected chi connectivity index (χ2v) is 4.26. The van der Waals surface area contributed by atoms with Crippen LogP contribution in [0.2, 0.25) is 5.02 Å². The fraction of sp³-hybridized carbons (Fsp3) is 0.231. The summed E-state index contributed by atoms with van der Waals surface area (Å²) in [5.41, 5.74) is 1.04. The number of hydrogen-bond acceptors (Lipinski definition) is 3. The van der Waals surface area contributed by atoms with Crippen LogP contribution < -0.4 is 10.1 Å². The van der Waals surface area contributed by atoms with Crippen LogP contribution in [0.5, 0.6) is 5.88 Å². The number of aromatic nitrogens is 2. The summed E-state index contributed by atoms with van der Waals surface area (Å²) in [6, 6.07) is 8.75. The van der Waals surface area contributed by atoms with Crippen molar-refractivity contribution in [3.05, 3.63) is 41.0 Å². The van der Waals surface area contributed by atoms with E-state index in [-0.39, 0.29) is 5.91 Å². The second kappa shape index (κ2) is 5.75. The summed E-state index contributed by atoms with van der Waals surface area (Å²) in [5.74, 6) is 0.241. The highest BCUT2D eigenvalue weighted by atomic mass is 35.5. The number of hydrogen-bond donors (Lipinski definition) is 1. The quantitative estimate of drug-likeness (QED) is 0.934. The monoisotopic (exact) mass is 279 g/mol. The molecule has 100 valence electrons. The van der Waals surface area contributed by atoms with Crippen molar-refractivity contribution in [2.75, 3.05) is 13.7 Å². The Hall–Kier alpha value is -2.01. The van der Waals surface area contributed by atoms with E-state index in [1.807, 2.05) is 19.1 Å². The van der Waals surface area contributed by atoms with Crippen molar-refractivity contribution in [3.8, 4) is 11.6 Å². The lowest BCUT2D eigenvalue weighted by molar-refractivity contribution is 0.0950. The molecule has 5 nitrogen and oxygen atoms in total. The minimum Gasteiger partial charge on any atom is -0.481 e. The van der Waals surface area contributed by atoms with E-state index in [1.165, 1.54) is 11.8 Å². The summed E-state index contributed by atoms with van der Waals surface area (Å²) >= 11 is 5.95. The summed E-state index contributed by atoms with van der Waals surface area (Å²) < 4.78 is 6.76. The van der Waals surface area contributed by atoms with E-state index < -0.39 is 0 Å². The Morgan fingerprint density at radius 2 is 2.26 bits per heavy atom. The van der Waals surface area contributed by atoms with Gasteiger partial charge in [0.05, 0.1) is 12.8 Å². The summed E-state index contributed by atoms with van der Waals surface area (Å²) in [6.45, 7) is 2.40. The van der Waals surface area contributed by atoms with E-state index in [2.05, 4.69) is 10.4 Å². The SMILES string of the molecule is CCNC(=O)c1cc(OC)n(-c2cccc(Cl)c2)n1. The zero-order valence-corrected chi connectivity index (χ0v) is 11.4. The van der Waals surface area contributed by atoms with Gasteiger partial charge in [-0.25, -0.2) is 4.68 Å². The first-order valence-corrected chi connectivity index (χ1v) is 6.21. The van der Waals surface area contributed by atoms with Gasteiger partial charge in [0.2, 0.25) is 5.88 Å². The van der Waals surface area contributed by atoms with E-state index in [0.29, 0.717) is 23.1 Å². The molecule has 2 aromatic rings. The summed E-state index contributed by atoms with van der Waals surface area (Å²) in [6.07, 6.45) is 0. The first kappa shape index (κ1) is 13.4. The van der Waals surface area contributed by atoms with Gasteiger partial charge in [-0.05, 0) is 25.1 Å². The van der Waals surface area contributed by atoms with E-state index in [1.54, 1.807) is 18.2 Å². The summed E-state index contributed by atoms with van der Waals surface area (Å²) in [5, 5.41) is 7.52. The van der Waals surface area contributed by atoms with E-state index in [4.69, 9.17) is 16.3 Å². The molecule has 0 bridgehead atoms. The number of benzene rings is 1. The Labute approximate surface area is 116 Å². The molecule has 0 atom stereocenters. The summed E-state index contributed by atoms with van der Waals surface area (Å²) in [4.78, 5) is 11.8. The Morgan fingerprint density at radius 1 is 1.47 bits per heavy atom. The number of carbonyl (C=O) groups excluding carboxylic acids is 1. The minimum atomic E-state index is -0.235. The van der Waals surface area contributed by atoms with Gasteiger partial charge in [0.25, 0.3) is 5.91 Å². The number of carbonyl (C=O) groups is 1. The fourth-order valence-corrected chi connectivity index (χ4v) is 1.85. The van der Waals surface area contributed by atoms with Crippen LogP contribution in [0.15, 0.2) is 30.3 Å². The number of amides is 1. The standard InChI is InChI=1S/C13H14ClN3O2/c1-3-15-13(18)11-8-12(19-2)17(16-11)10-6-4-5-9(14)7-10/h4-8H,3H2,1-2H3,(H,15,18). The van der Waals surface area contributed by atoms with Gasteiger partial charge in [0.15, 0.2) is 5.69 Å². The zero-order chi connectivity index (χ0) is 13.8. The molecule has 6 heteroatoms. The molecule has 1 N–H and O–H groups in total. The predicted molar refractivity (Wildman–Crippen MR) is 73.1 cm³/mol. The van der Waals surface area contributed by atoms with Crippen molar-refractivity contribution >= 4 is 17.5 Å². The third-order valence-electron chi connectivity index (χ3n) is 2.51. The van der Waals surface area contributed by atoms with Crippen LogP contribution in [-0.4, -0.2) is 29.3 Å². The van der Waals surface area contributed by atoms with Gasteiger partial charge in [-0.15, -0.1) is 0 Å². The van der Waals surface area contributed by atoms with Gasteiger partial charge in [-0.2, -0.15) is 5.10 Å². The molecule has 0 aliphatic rings. The zero-order valence-electron chi connectivity index (χ0n) is 10.7. The second-order valence-electron chi connectivity index (χ2n) is 3.82. The minimum absolute atomic E-state index is 0.235. The topological polar surface area (TPSA) is 56.1 Å². The number of methoxy groups -OCH3 is 1. The predicted octanol–water partition coefficient (Wildman–Crippen LogP) is 2.28. The number of nitrogens with one attached hydrogen (secondary N) is 1. The van der Waals surface area contributed by atoms with Crippen LogP contribution in [0.4, 0.5) is 0 Å².